The molecule has 6 nitrogen and oxygen atoms in total. The molecule has 0 bridgehead atoms. The van der Waals surface area contributed by atoms with E-state index in [1.165, 1.54) is 17.7 Å². The van der Waals surface area contributed by atoms with E-state index in [1.807, 2.05) is 12.1 Å². The summed E-state index contributed by atoms with van der Waals surface area (Å²) < 4.78 is 5.40. The maximum absolute atomic E-state index is 13.2. The number of rotatable bonds is 6. The van der Waals surface area contributed by atoms with Gasteiger partial charge in [-0.1, -0.05) is 57.2 Å². The minimum Gasteiger partial charge on any atom is -0.467 e. The first kappa shape index (κ1) is 20.3. The van der Waals surface area contributed by atoms with E-state index in [1.54, 1.807) is 35.4 Å². The number of hydrogen-bond donors (Lipinski definition) is 0. The zero-order chi connectivity index (χ0) is 21.0. The van der Waals surface area contributed by atoms with Gasteiger partial charge in [-0.3, -0.25) is 14.9 Å². The van der Waals surface area contributed by atoms with Crippen molar-refractivity contribution in [2.75, 3.05) is 0 Å². The van der Waals surface area contributed by atoms with Gasteiger partial charge in [-0.25, -0.2) is 0 Å². The van der Waals surface area contributed by atoms with Crippen molar-refractivity contribution < 1.29 is 14.1 Å². The lowest BCUT2D eigenvalue weighted by Gasteiger charge is -2.23. The molecule has 0 N–H and O–H groups in total. The van der Waals surface area contributed by atoms with Crippen LogP contribution in [-0.2, 0) is 18.5 Å². The molecule has 0 unspecified atom stereocenters. The number of carbonyl (C=O) groups is 1. The zero-order valence-corrected chi connectivity index (χ0v) is 16.8. The molecule has 3 rings (SSSR count). The second kappa shape index (κ2) is 8.31. The Bertz CT molecular complexity index is 986. The van der Waals surface area contributed by atoms with E-state index >= 15 is 0 Å². The summed E-state index contributed by atoms with van der Waals surface area (Å²) in [6.07, 6.45) is 1.54. The van der Waals surface area contributed by atoms with Crippen molar-refractivity contribution in [2.45, 2.75) is 39.3 Å². The average Bonchev–Trinajstić information content (AvgIpc) is 3.20. The van der Waals surface area contributed by atoms with E-state index in [-0.39, 0.29) is 23.2 Å². The second-order valence-corrected chi connectivity index (χ2v) is 7.96. The molecule has 0 fully saturated rings. The standard InChI is InChI=1S/C23H24N2O4/c1-23(2,3)18-12-10-17(11-13-18)15-24(16-19-7-6-14-29-19)22(26)20-8-4-5-9-21(20)25(27)28/h4-14H,15-16H2,1-3H3. The molecule has 29 heavy (non-hydrogen) atoms. The fraction of sp³-hybridized carbons (Fsp3) is 0.261. The minimum atomic E-state index is -0.531. The molecular weight excluding hydrogens is 368 g/mol. The maximum Gasteiger partial charge on any atom is 0.282 e. The zero-order valence-electron chi connectivity index (χ0n) is 16.8. The summed E-state index contributed by atoms with van der Waals surface area (Å²) in [5.74, 6) is 0.205. The Morgan fingerprint density at radius 1 is 1.00 bits per heavy atom. The highest BCUT2D eigenvalue weighted by Gasteiger charge is 2.25. The Hall–Kier alpha value is -3.41. The van der Waals surface area contributed by atoms with Gasteiger partial charge in [-0.05, 0) is 34.7 Å². The molecule has 0 atom stereocenters. The first-order chi connectivity index (χ1) is 13.8. The lowest BCUT2D eigenvalue weighted by Crippen LogP contribution is -2.30. The smallest absolute Gasteiger partial charge is 0.282 e. The van der Waals surface area contributed by atoms with Gasteiger partial charge in [0.15, 0.2) is 0 Å². The molecule has 1 heterocycles. The summed E-state index contributed by atoms with van der Waals surface area (Å²) in [5, 5.41) is 11.4. The molecule has 2 aromatic carbocycles. The molecule has 6 heteroatoms. The van der Waals surface area contributed by atoms with Crippen molar-refractivity contribution in [3.63, 3.8) is 0 Å². The van der Waals surface area contributed by atoms with Gasteiger partial charge in [0.2, 0.25) is 0 Å². The molecule has 150 valence electrons. The Morgan fingerprint density at radius 2 is 1.69 bits per heavy atom. The lowest BCUT2D eigenvalue weighted by molar-refractivity contribution is -0.385. The van der Waals surface area contributed by atoms with Gasteiger partial charge in [0.1, 0.15) is 11.3 Å². The van der Waals surface area contributed by atoms with Gasteiger partial charge in [-0.2, -0.15) is 0 Å². The summed E-state index contributed by atoms with van der Waals surface area (Å²) >= 11 is 0. The summed E-state index contributed by atoms with van der Waals surface area (Å²) in [7, 11) is 0. The number of nitro groups is 1. The van der Waals surface area contributed by atoms with Gasteiger partial charge >= 0.3 is 0 Å². The van der Waals surface area contributed by atoms with E-state index in [0.29, 0.717) is 12.3 Å². The van der Waals surface area contributed by atoms with Gasteiger partial charge in [0.25, 0.3) is 11.6 Å². The highest BCUT2D eigenvalue weighted by molar-refractivity contribution is 5.98. The van der Waals surface area contributed by atoms with Crippen LogP contribution in [0.1, 0.15) is 48.0 Å². The van der Waals surface area contributed by atoms with Crippen LogP contribution in [0.5, 0.6) is 0 Å². The quantitative estimate of drug-likeness (QED) is 0.420. The van der Waals surface area contributed by atoms with E-state index in [9.17, 15) is 14.9 Å². The van der Waals surface area contributed by atoms with Gasteiger partial charge in [-0.15, -0.1) is 0 Å². The normalized spacial score (nSPS) is 11.3. The monoisotopic (exact) mass is 392 g/mol. The summed E-state index contributed by atoms with van der Waals surface area (Å²) in [5.41, 5.74) is 2.04. The van der Waals surface area contributed by atoms with E-state index in [0.717, 1.165) is 5.56 Å². The van der Waals surface area contributed by atoms with Crippen LogP contribution in [0, 0.1) is 10.1 Å². The van der Waals surface area contributed by atoms with Gasteiger partial charge in [0.05, 0.1) is 17.7 Å². The Labute approximate surface area is 169 Å². The molecule has 0 aliphatic heterocycles. The van der Waals surface area contributed by atoms with Crippen LogP contribution in [-0.4, -0.2) is 15.7 Å². The highest BCUT2D eigenvalue weighted by atomic mass is 16.6. The Morgan fingerprint density at radius 3 is 2.28 bits per heavy atom. The Kier molecular flexibility index (Phi) is 5.82. The molecule has 1 aromatic heterocycles. The number of nitro benzene ring substituents is 1. The summed E-state index contributed by atoms with van der Waals surface area (Å²) in [6, 6.07) is 17.6. The Balaban J connectivity index is 1.91. The number of benzene rings is 2. The molecule has 1 amide bonds. The van der Waals surface area contributed by atoms with Crippen LogP contribution in [0.2, 0.25) is 0 Å². The third-order valence-electron chi connectivity index (χ3n) is 4.74. The van der Waals surface area contributed by atoms with Gasteiger partial charge in [0, 0.05) is 12.6 Å². The molecule has 0 saturated carbocycles. The van der Waals surface area contributed by atoms with Crippen LogP contribution in [0.15, 0.2) is 71.3 Å². The predicted molar refractivity (Wildman–Crippen MR) is 111 cm³/mol. The molecule has 0 aliphatic rings. The number of hydrogen-bond acceptors (Lipinski definition) is 4. The van der Waals surface area contributed by atoms with Crippen LogP contribution in [0.25, 0.3) is 0 Å². The SMILES string of the molecule is CC(C)(C)c1ccc(CN(Cc2ccco2)C(=O)c2ccccc2[N+](=O)[O-])cc1. The molecule has 0 saturated heterocycles. The summed E-state index contributed by atoms with van der Waals surface area (Å²) in [6.45, 7) is 6.96. The molecule has 3 aromatic rings. The molecule has 0 radical (unpaired) electrons. The van der Waals surface area contributed by atoms with Crippen molar-refractivity contribution in [1.82, 2.24) is 4.90 Å². The minimum absolute atomic E-state index is 0.0346. The first-order valence-corrected chi connectivity index (χ1v) is 9.40. The van der Waals surface area contributed by atoms with Crippen LogP contribution in [0.4, 0.5) is 5.69 Å². The van der Waals surface area contributed by atoms with E-state index in [2.05, 4.69) is 32.9 Å². The van der Waals surface area contributed by atoms with Crippen molar-refractivity contribution in [2.24, 2.45) is 0 Å². The predicted octanol–water partition coefficient (Wildman–Crippen LogP) is 5.33. The van der Waals surface area contributed by atoms with Crippen molar-refractivity contribution >= 4 is 11.6 Å². The number of furan rings is 1. The topological polar surface area (TPSA) is 76.6 Å². The fourth-order valence-electron chi connectivity index (χ4n) is 3.10. The number of amides is 1. The van der Waals surface area contributed by atoms with Crippen molar-refractivity contribution in [1.29, 1.82) is 0 Å². The number of carbonyl (C=O) groups excluding carboxylic acids is 1. The van der Waals surface area contributed by atoms with Crippen LogP contribution >= 0.6 is 0 Å². The summed E-state index contributed by atoms with van der Waals surface area (Å²) in [4.78, 5) is 25.6. The van der Waals surface area contributed by atoms with Gasteiger partial charge < -0.3 is 9.32 Å². The molecular formula is C23H24N2O4. The van der Waals surface area contributed by atoms with Crippen LogP contribution < -0.4 is 0 Å². The lowest BCUT2D eigenvalue weighted by atomic mass is 9.87. The number of para-hydroxylation sites is 1. The largest absolute Gasteiger partial charge is 0.467 e. The average molecular weight is 392 g/mol. The highest BCUT2D eigenvalue weighted by Crippen LogP contribution is 2.25. The van der Waals surface area contributed by atoms with Crippen molar-refractivity contribution in [3.8, 4) is 0 Å². The molecule has 0 spiro atoms. The third-order valence-corrected chi connectivity index (χ3v) is 4.74. The first-order valence-electron chi connectivity index (χ1n) is 9.40. The van der Waals surface area contributed by atoms with Crippen molar-refractivity contribution in [3.05, 3.63) is 99.5 Å². The number of nitrogens with zero attached hydrogens (tertiary/aromatic N) is 2. The fourth-order valence-corrected chi connectivity index (χ4v) is 3.10. The molecule has 0 aliphatic carbocycles. The van der Waals surface area contributed by atoms with Crippen LogP contribution in [0.3, 0.4) is 0 Å². The van der Waals surface area contributed by atoms with E-state index < -0.39 is 10.8 Å². The van der Waals surface area contributed by atoms with E-state index in [4.69, 9.17) is 4.42 Å². The maximum atomic E-state index is 13.2. The second-order valence-electron chi connectivity index (χ2n) is 7.96. The third kappa shape index (κ3) is 4.90.